The minimum atomic E-state index is -0.970. The van der Waals surface area contributed by atoms with Crippen LogP contribution in [0.2, 0.25) is 0 Å². The Morgan fingerprint density at radius 1 is 1.10 bits per heavy atom. The Morgan fingerprint density at radius 2 is 1.85 bits per heavy atom. The molecule has 0 spiro atoms. The predicted molar refractivity (Wildman–Crippen MR) is 155 cm³/mol. The minimum Gasteiger partial charge on any atom is -0.496 e. The lowest BCUT2D eigenvalue weighted by Gasteiger charge is -2.27. The summed E-state index contributed by atoms with van der Waals surface area (Å²) in [5.74, 6) is -0.222. The van der Waals surface area contributed by atoms with Gasteiger partial charge in [-0.05, 0) is 55.1 Å². The molecule has 0 radical (unpaired) electrons. The molecule has 0 aromatic heterocycles. The van der Waals surface area contributed by atoms with E-state index in [0.717, 1.165) is 20.8 Å². The van der Waals surface area contributed by atoms with Gasteiger partial charge in [0, 0.05) is 17.1 Å². The number of anilines is 2. The maximum Gasteiger partial charge on any atom is 0.251 e. The number of fused-ring (bicyclic) bond motifs is 2. The van der Waals surface area contributed by atoms with Crippen molar-refractivity contribution in [3.8, 4) is 5.75 Å². The highest BCUT2D eigenvalue weighted by Gasteiger charge is 2.37. The second kappa shape index (κ2) is 12.6. The molecule has 0 saturated heterocycles. The van der Waals surface area contributed by atoms with Crippen LogP contribution in [-0.2, 0) is 25.7 Å². The summed E-state index contributed by atoms with van der Waals surface area (Å²) in [6.07, 6.45) is 0.138. The monoisotopic (exact) mass is 596 g/mol. The third-order valence-electron chi connectivity index (χ3n) is 6.94. The maximum absolute atomic E-state index is 14.2. The highest BCUT2D eigenvalue weighted by Crippen LogP contribution is 2.37. The van der Waals surface area contributed by atoms with Crippen LogP contribution >= 0.6 is 15.9 Å². The SMILES string of the molecule is CNC(C)C(=O)NC1CN(C(=O)CCOC)c2ccccc2N(Cc2c(OC)ccc3cc(Br)ccc23)C1=O. The number of carbonyl (C=O) groups is 3. The van der Waals surface area contributed by atoms with Crippen molar-refractivity contribution in [1.29, 1.82) is 0 Å². The molecule has 3 aromatic rings. The first-order valence-corrected chi connectivity index (χ1v) is 13.5. The lowest BCUT2D eigenvalue weighted by atomic mass is 10.0. The van der Waals surface area contributed by atoms with Crippen molar-refractivity contribution in [3.05, 3.63) is 64.6 Å². The van der Waals surface area contributed by atoms with Gasteiger partial charge in [-0.15, -0.1) is 0 Å². The molecule has 0 bridgehead atoms. The van der Waals surface area contributed by atoms with Gasteiger partial charge in [0.2, 0.25) is 11.8 Å². The number of benzene rings is 3. The molecule has 2 N–H and O–H groups in total. The third kappa shape index (κ3) is 6.08. The fourth-order valence-electron chi connectivity index (χ4n) is 4.70. The maximum atomic E-state index is 14.2. The highest BCUT2D eigenvalue weighted by molar-refractivity contribution is 9.10. The summed E-state index contributed by atoms with van der Waals surface area (Å²) in [5.41, 5.74) is 1.98. The van der Waals surface area contributed by atoms with Gasteiger partial charge in [-0.3, -0.25) is 14.4 Å². The van der Waals surface area contributed by atoms with Crippen LogP contribution in [0.3, 0.4) is 0 Å². The number of ether oxygens (including phenoxy) is 2. The Hall–Kier alpha value is -3.47. The van der Waals surface area contributed by atoms with Crippen LogP contribution in [0.15, 0.2) is 59.1 Å². The fraction of sp³-hybridized carbons (Fsp3) is 0.345. The van der Waals surface area contributed by atoms with E-state index in [0.29, 0.717) is 17.1 Å². The Bertz CT molecular complexity index is 1380. The molecule has 1 aliphatic heterocycles. The van der Waals surface area contributed by atoms with Crippen LogP contribution in [0.5, 0.6) is 5.75 Å². The number of para-hydroxylation sites is 2. The molecule has 0 fully saturated rings. The lowest BCUT2D eigenvalue weighted by Crippen LogP contribution is -2.55. The molecule has 2 atom stereocenters. The van der Waals surface area contributed by atoms with Gasteiger partial charge in [-0.25, -0.2) is 0 Å². The first kappa shape index (κ1) is 28.5. The number of methoxy groups -OCH3 is 2. The van der Waals surface area contributed by atoms with Crippen molar-refractivity contribution in [2.45, 2.75) is 32.0 Å². The smallest absolute Gasteiger partial charge is 0.251 e. The van der Waals surface area contributed by atoms with Gasteiger partial charge in [-0.1, -0.05) is 40.2 Å². The number of hydrogen-bond donors (Lipinski definition) is 2. The molecule has 3 aromatic carbocycles. The zero-order chi connectivity index (χ0) is 28.1. The molecular formula is C29H33BrN4O5. The average molecular weight is 598 g/mol. The number of likely N-dealkylation sites (N-methyl/N-ethyl adjacent to an activating group) is 1. The van der Waals surface area contributed by atoms with E-state index < -0.39 is 12.1 Å². The number of carbonyl (C=O) groups excluding carboxylic acids is 3. The van der Waals surface area contributed by atoms with Crippen molar-refractivity contribution in [2.75, 3.05) is 44.2 Å². The predicted octanol–water partition coefficient (Wildman–Crippen LogP) is 3.62. The van der Waals surface area contributed by atoms with Crippen molar-refractivity contribution in [1.82, 2.24) is 10.6 Å². The summed E-state index contributed by atoms with van der Waals surface area (Å²) in [4.78, 5) is 43.7. The standard InChI is InChI=1S/C29H33BrN4O5/c1-18(31-2)28(36)32-23-17-33(27(35)13-14-38-3)24-7-5-6-8-25(24)34(29(23)37)16-22-21-11-10-20(30)15-19(21)9-12-26(22)39-4/h5-12,15,18,23,31H,13-14,16-17H2,1-4H3,(H,32,36). The molecule has 0 saturated carbocycles. The summed E-state index contributed by atoms with van der Waals surface area (Å²) in [7, 11) is 4.81. The summed E-state index contributed by atoms with van der Waals surface area (Å²) < 4.78 is 11.8. The molecule has 39 heavy (non-hydrogen) atoms. The first-order valence-electron chi connectivity index (χ1n) is 12.7. The van der Waals surface area contributed by atoms with Gasteiger partial charge in [-0.2, -0.15) is 0 Å². The summed E-state index contributed by atoms with van der Waals surface area (Å²) in [6.45, 7) is 2.12. The van der Waals surface area contributed by atoms with Gasteiger partial charge < -0.3 is 29.9 Å². The van der Waals surface area contributed by atoms with Crippen LogP contribution in [0.25, 0.3) is 10.8 Å². The molecule has 1 aliphatic rings. The van der Waals surface area contributed by atoms with E-state index >= 15 is 0 Å². The van der Waals surface area contributed by atoms with Crippen molar-refractivity contribution in [2.24, 2.45) is 0 Å². The van der Waals surface area contributed by atoms with E-state index in [1.807, 2.05) is 54.6 Å². The first-order chi connectivity index (χ1) is 18.8. The molecule has 0 aliphatic carbocycles. The van der Waals surface area contributed by atoms with Crippen molar-refractivity contribution < 1.29 is 23.9 Å². The topological polar surface area (TPSA) is 100 Å². The van der Waals surface area contributed by atoms with Gasteiger partial charge in [0.05, 0.1) is 50.6 Å². The fourth-order valence-corrected chi connectivity index (χ4v) is 5.08. The number of nitrogens with one attached hydrogen (secondary N) is 2. The van der Waals surface area contributed by atoms with E-state index in [2.05, 4.69) is 26.6 Å². The normalized spacial score (nSPS) is 16.0. The minimum absolute atomic E-state index is 0.00329. The highest BCUT2D eigenvalue weighted by atomic mass is 79.9. The van der Waals surface area contributed by atoms with E-state index in [-0.39, 0.29) is 43.8 Å². The molecule has 3 amide bonds. The zero-order valence-electron chi connectivity index (χ0n) is 22.5. The molecule has 2 unspecified atom stereocenters. The van der Waals surface area contributed by atoms with Crippen LogP contribution in [0, 0.1) is 0 Å². The lowest BCUT2D eigenvalue weighted by molar-refractivity contribution is -0.128. The Kier molecular flexibility index (Phi) is 9.21. The van der Waals surface area contributed by atoms with Gasteiger partial charge in [0.25, 0.3) is 5.91 Å². The average Bonchev–Trinajstić information content (AvgIpc) is 3.06. The van der Waals surface area contributed by atoms with E-state index in [1.54, 1.807) is 30.9 Å². The summed E-state index contributed by atoms with van der Waals surface area (Å²) in [6, 6.07) is 15.6. The summed E-state index contributed by atoms with van der Waals surface area (Å²) >= 11 is 3.53. The Labute approximate surface area is 236 Å². The number of hydrogen-bond acceptors (Lipinski definition) is 6. The van der Waals surface area contributed by atoms with Crippen molar-refractivity contribution in [3.63, 3.8) is 0 Å². The van der Waals surface area contributed by atoms with E-state index in [9.17, 15) is 14.4 Å². The molecule has 1 heterocycles. The molecular weight excluding hydrogens is 564 g/mol. The third-order valence-corrected chi connectivity index (χ3v) is 7.44. The number of halogens is 1. The van der Waals surface area contributed by atoms with E-state index in [1.165, 1.54) is 7.11 Å². The molecule has 206 valence electrons. The van der Waals surface area contributed by atoms with Crippen LogP contribution in [0.4, 0.5) is 11.4 Å². The largest absolute Gasteiger partial charge is 0.496 e. The number of rotatable bonds is 9. The van der Waals surface area contributed by atoms with E-state index in [4.69, 9.17) is 9.47 Å². The summed E-state index contributed by atoms with van der Waals surface area (Å²) in [5, 5.41) is 7.69. The quantitative estimate of drug-likeness (QED) is 0.391. The van der Waals surface area contributed by atoms with Gasteiger partial charge in [0.15, 0.2) is 0 Å². The van der Waals surface area contributed by atoms with Crippen LogP contribution in [0.1, 0.15) is 18.9 Å². The Balaban J connectivity index is 1.84. The molecule has 4 rings (SSSR count). The number of nitrogens with zero attached hydrogens (tertiary/aromatic N) is 2. The molecule has 9 nitrogen and oxygen atoms in total. The zero-order valence-corrected chi connectivity index (χ0v) is 24.1. The van der Waals surface area contributed by atoms with Gasteiger partial charge >= 0.3 is 0 Å². The van der Waals surface area contributed by atoms with Gasteiger partial charge in [0.1, 0.15) is 11.8 Å². The second-order valence-electron chi connectivity index (χ2n) is 9.34. The molecule has 10 heteroatoms. The Morgan fingerprint density at radius 3 is 2.54 bits per heavy atom. The van der Waals surface area contributed by atoms with Crippen LogP contribution in [-0.4, -0.2) is 64.2 Å². The second-order valence-corrected chi connectivity index (χ2v) is 10.3. The van der Waals surface area contributed by atoms with Crippen LogP contribution < -0.4 is 25.2 Å². The van der Waals surface area contributed by atoms with Crippen molar-refractivity contribution >= 4 is 55.8 Å². The number of amides is 3.